The van der Waals surface area contributed by atoms with Crippen LogP contribution >= 0.6 is 0 Å². The predicted molar refractivity (Wildman–Crippen MR) is 116 cm³/mol. The molecule has 3 N–H and O–H groups in total. The molecule has 158 valence electrons. The molecule has 0 aliphatic carbocycles. The van der Waals surface area contributed by atoms with Crippen LogP contribution in [0.1, 0.15) is 17.2 Å². The number of hydrogen-bond acceptors (Lipinski definition) is 6. The van der Waals surface area contributed by atoms with Crippen LogP contribution in [0.25, 0.3) is 5.76 Å². The number of rotatable bonds is 8. The fraction of sp³-hybridized carbons (Fsp3) is 0.304. The molecule has 0 bridgehead atoms. The molecular formula is C23H27N3O4. The molecule has 0 spiro atoms. The Balaban J connectivity index is 2.05. The summed E-state index contributed by atoms with van der Waals surface area (Å²) in [5, 5.41) is 22.9. The van der Waals surface area contributed by atoms with Crippen molar-refractivity contribution in [1.82, 2.24) is 10.2 Å². The Morgan fingerprint density at radius 3 is 2.30 bits per heavy atom. The molecule has 7 heteroatoms. The maximum atomic E-state index is 12.9. The lowest BCUT2D eigenvalue weighted by atomic mass is 9.95. The van der Waals surface area contributed by atoms with Gasteiger partial charge in [0, 0.05) is 45.0 Å². The molecule has 1 heterocycles. The summed E-state index contributed by atoms with van der Waals surface area (Å²) in [6.45, 7) is 1.08. The van der Waals surface area contributed by atoms with Gasteiger partial charge in [0.25, 0.3) is 11.7 Å². The molecule has 1 fully saturated rings. The van der Waals surface area contributed by atoms with E-state index in [1.165, 1.54) is 4.90 Å². The van der Waals surface area contributed by atoms with Gasteiger partial charge in [-0.15, -0.1) is 0 Å². The average Bonchev–Trinajstić information content (AvgIpc) is 3.01. The van der Waals surface area contributed by atoms with E-state index in [2.05, 4.69) is 5.32 Å². The Labute approximate surface area is 176 Å². The molecule has 2 aromatic carbocycles. The highest BCUT2D eigenvalue weighted by Crippen LogP contribution is 2.39. The van der Waals surface area contributed by atoms with E-state index in [9.17, 15) is 14.7 Å². The van der Waals surface area contributed by atoms with Crippen LogP contribution in [-0.2, 0) is 9.59 Å². The molecule has 7 nitrogen and oxygen atoms in total. The first-order valence-electron chi connectivity index (χ1n) is 9.88. The summed E-state index contributed by atoms with van der Waals surface area (Å²) in [6.07, 6.45) is 0. The second-order valence-electron chi connectivity index (χ2n) is 7.32. The lowest BCUT2D eigenvalue weighted by Crippen LogP contribution is -2.36. The van der Waals surface area contributed by atoms with Crippen molar-refractivity contribution >= 4 is 23.1 Å². The van der Waals surface area contributed by atoms with Crippen LogP contribution in [0.15, 0.2) is 60.2 Å². The number of nitrogens with one attached hydrogen (secondary N) is 1. The molecule has 1 amide bonds. The van der Waals surface area contributed by atoms with Crippen LogP contribution in [0, 0.1) is 0 Å². The third-order valence-corrected chi connectivity index (χ3v) is 5.13. The van der Waals surface area contributed by atoms with Crippen LogP contribution in [-0.4, -0.2) is 67.1 Å². The number of aliphatic hydroxyl groups is 2. The van der Waals surface area contributed by atoms with Gasteiger partial charge in [-0.05, 0) is 17.7 Å². The third-order valence-electron chi connectivity index (χ3n) is 5.13. The number of aliphatic hydroxyl groups excluding tert-OH is 2. The van der Waals surface area contributed by atoms with E-state index in [0.29, 0.717) is 18.7 Å². The Morgan fingerprint density at radius 1 is 1.03 bits per heavy atom. The Morgan fingerprint density at radius 2 is 1.70 bits per heavy atom. The van der Waals surface area contributed by atoms with E-state index in [-0.39, 0.29) is 24.5 Å². The van der Waals surface area contributed by atoms with E-state index >= 15 is 0 Å². The van der Waals surface area contributed by atoms with Crippen LogP contribution in [0.5, 0.6) is 0 Å². The number of carbonyl (C=O) groups excluding carboxylic acids is 2. The molecule has 1 atom stereocenters. The summed E-state index contributed by atoms with van der Waals surface area (Å²) in [5.74, 6) is -1.51. The van der Waals surface area contributed by atoms with Gasteiger partial charge in [-0.2, -0.15) is 0 Å². The van der Waals surface area contributed by atoms with E-state index in [4.69, 9.17) is 5.11 Å². The Hall–Kier alpha value is -3.16. The topological polar surface area (TPSA) is 93.1 Å². The molecule has 1 aliphatic heterocycles. The molecular weight excluding hydrogens is 382 g/mol. The number of Topliss-reactive ketones (excluding diaryl/α,β-unsaturated/α-hetero) is 1. The van der Waals surface area contributed by atoms with Crippen molar-refractivity contribution in [2.24, 2.45) is 0 Å². The zero-order chi connectivity index (χ0) is 21.7. The number of benzene rings is 2. The van der Waals surface area contributed by atoms with Gasteiger partial charge in [-0.1, -0.05) is 42.5 Å². The largest absolute Gasteiger partial charge is 0.507 e. The first-order valence-corrected chi connectivity index (χ1v) is 9.88. The minimum absolute atomic E-state index is 0.0117. The van der Waals surface area contributed by atoms with Crippen molar-refractivity contribution in [2.75, 3.05) is 45.2 Å². The second kappa shape index (κ2) is 9.56. The summed E-state index contributed by atoms with van der Waals surface area (Å²) in [5.41, 5.74) is 2.32. The summed E-state index contributed by atoms with van der Waals surface area (Å²) < 4.78 is 0. The number of anilines is 1. The van der Waals surface area contributed by atoms with Crippen LogP contribution in [0.3, 0.4) is 0 Å². The molecule has 1 aliphatic rings. The lowest BCUT2D eigenvalue weighted by molar-refractivity contribution is -0.139. The first kappa shape index (κ1) is 21.5. The molecule has 30 heavy (non-hydrogen) atoms. The van der Waals surface area contributed by atoms with Gasteiger partial charge in [0.05, 0.1) is 18.2 Å². The van der Waals surface area contributed by atoms with E-state index < -0.39 is 17.7 Å². The number of hydrogen-bond donors (Lipinski definition) is 3. The summed E-state index contributed by atoms with van der Waals surface area (Å²) in [6, 6.07) is 15.7. The van der Waals surface area contributed by atoms with Crippen LogP contribution < -0.4 is 10.2 Å². The van der Waals surface area contributed by atoms with E-state index in [1.54, 1.807) is 24.3 Å². The normalized spacial score (nSPS) is 18.1. The quantitative estimate of drug-likeness (QED) is 0.266. The predicted octanol–water partition coefficient (Wildman–Crippen LogP) is 1.76. The molecule has 0 saturated carbocycles. The third kappa shape index (κ3) is 4.37. The molecule has 2 aromatic rings. The zero-order valence-electron chi connectivity index (χ0n) is 17.2. The minimum atomic E-state index is -0.694. The van der Waals surface area contributed by atoms with Gasteiger partial charge in [0.1, 0.15) is 5.76 Å². The highest BCUT2D eigenvalue weighted by atomic mass is 16.3. The molecule has 0 radical (unpaired) electrons. The summed E-state index contributed by atoms with van der Waals surface area (Å²) >= 11 is 0. The van der Waals surface area contributed by atoms with Gasteiger partial charge in [-0.25, -0.2) is 0 Å². The fourth-order valence-electron chi connectivity index (χ4n) is 3.57. The number of likely N-dealkylation sites (tertiary alicyclic amines) is 1. The van der Waals surface area contributed by atoms with Crippen LogP contribution in [0.2, 0.25) is 0 Å². The van der Waals surface area contributed by atoms with Crippen molar-refractivity contribution in [3.8, 4) is 0 Å². The first-order chi connectivity index (χ1) is 14.5. The van der Waals surface area contributed by atoms with Gasteiger partial charge in [-0.3, -0.25) is 9.59 Å². The standard InChI is InChI=1S/C23H27N3O4/c1-25(2)18-10-8-16(9-11-18)20-19(21(28)17-6-4-3-5-7-17)22(29)23(30)26(20)14-12-24-13-15-27/h3-11,20,24,27-28H,12-15H2,1-2H3/t20-/m0/s1. The maximum Gasteiger partial charge on any atom is 0.295 e. The van der Waals surface area contributed by atoms with Crippen molar-refractivity contribution in [3.05, 3.63) is 71.3 Å². The van der Waals surface area contributed by atoms with E-state index in [1.807, 2.05) is 49.3 Å². The monoisotopic (exact) mass is 409 g/mol. The minimum Gasteiger partial charge on any atom is -0.507 e. The lowest BCUT2D eigenvalue weighted by Gasteiger charge is -2.26. The van der Waals surface area contributed by atoms with E-state index in [0.717, 1.165) is 11.3 Å². The van der Waals surface area contributed by atoms with Crippen molar-refractivity contribution in [3.63, 3.8) is 0 Å². The van der Waals surface area contributed by atoms with Gasteiger partial charge in [0.2, 0.25) is 0 Å². The number of nitrogens with zero attached hydrogens (tertiary/aromatic N) is 2. The zero-order valence-corrected chi connectivity index (χ0v) is 17.2. The number of carbonyl (C=O) groups is 2. The Kier molecular flexibility index (Phi) is 6.87. The van der Waals surface area contributed by atoms with Gasteiger partial charge in [0.15, 0.2) is 0 Å². The van der Waals surface area contributed by atoms with Crippen LogP contribution in [0.4, 0.5) is 5.69 Å². The van der Waals surface area contributed by atoms with Gasteiger partial charge >= 0.3 is 0 Å². The fourth-order valence-corrected chi connectivity index (χ4v) is 3.57. The SMILES string of the molecule is CN(C)c1ccc([C@H]2C(=C(O)c3ccccc3)C(=O)C(=O)N2CCNCCO)cc1. The average molecular weight is 409 g/mol. The highest BCUT2D eigenvalue weighted by Gasteiger charge is 2.45. The maximum absolute atomic E-state index is 12.9. The number of amides is 1. The second-order valence-corrected chi connectivity index (χ2v) is 7.32. The molecule has 3 rings (SSSR count). The van der Waals surface area contributed by atoms with Crippen molar-refractivity contribution in [1.29, 1.82) is 0 Å². The van der Waals surface area contributed by atoms with Crippen molar-refractivity contribution in [2.45, 2.75) is 6.04 Å². The smallest absolute Gasteiger partial charge is 0.295 e. The summed E-state index contributed by atoms with van der Waals surface area (Å²) in [4.78, 5) is 29.2. The summed E-state index contributed by atoms with van der Waals surface area (Å²) in [7, 11) is 3.87. The molecule has 0 unspecified atom stereocenters. The Bertz CT molecular complexity index is 923. The molecule has 1 saturated heterocycles. The molecule has 0 aromatic heterocycles. The van der Waals surface area contributed by atoms with Gasteiger partial charge < -0.3 is 25.3 Å². The van der Waals surface area contributed by atoms with Crippen molar-refractivity contribution < 1.29 is 19.8 Å². The number of ketones is 1. The highest BCUT2D eigenvalue weighted by molar-refractivity contribution is 6.46.